The van der Waals surface area contributed by atoms with Crippen molar-refractivity contribution in [1.82, 2.24) is 9.97 Å². The molecule has 0 atom stereocenters. The van der Waals surface area contributed by atoms with Crippen LogP contribution in [0.15, 0.2) is 48.0 Å². The number of para-hydroxylation sites is 1. The van der Waals surface area contributed by atoms with Crippen molar-refractivity contribution in [2.45, 2.75) is 46.0 Å². The van der Waals surface area contributed by atoms with Crippen LogP contribution in [0.2, 0.25) is 0 Å². The van der Waals surface area contributed by atoms with Gasteiger partial charge in [0.05, 0.1) is 0 Å². The van der Waals surface area contributed by atoms with Crippen LogP contribution in [0.1, 0.15) is 55.2 Å². The van der Waals surface area contributed by atoms with Gasteiger partial charge in [-0.25, -0.2) is 9.97 Å². The van der Waals surface area contributed by atoms with Gasteiger partial charge in [-0.2, -0.15) is 0 Å². The van der Waals surface area contributed by atoms with Gasteiger partial charge in [-0.05, 0) is 64.2 Å². The molecule has 1 aromatic carbocycles. The first-order valence-electron chi connectivity index (χ1n) is 9.81. The molecule has 27 heavy (non-hydrogen) atoms. The lowest BCUT2D eigenvalue weighted by Crippen LogP contribution is -2.31. The number of rotatable bonds is 7. The maximum Gasteiger partial charge on any atom is 0.277 e. The van der Waals surface area contributed by atoms with E-state index >= 15 is 0 Å². The summed E-state index contributed by atoms with van der Waals surface area (Å²) in [6.07, 6.45) is 8.35. The Morgan fingerprint density at radius 3 is 2.70 bits per heavy atom. The molecular weight excluding hydrogens is 336 g/mol. The van der Waals surface area contributed by atoms with Crippen molar-refractivity contribution in [3.05, 3.63) is 59.4 Å². The first kappa shape index (κ1) is 19.1. The van der Waals surface area contributed by atoms with Gasteiger partial charge in [0.15, 0.2) is 0 Å². The molecule has 1 heterocycles. The molecule has 5 heteroatoms. The van der Waals surface area contributed by atoms with E-state index in [2.05, 4.69) is 21.4 Å². The zero-order valence-electron chi connectivity index (χ0n) is 16.2. The highest BCUT2D eigenvalue weighted by Crippen LogP contribution is 2.20. The quantitative estimate of drug-likeness (QED) is 0.720. The highest BCUT2D eigenvalue weighted by Gasteiger charge is 2.18. The normalized spacial score (nSPS) is 13.8. The molecule has 0 radical (unpaired) electrons. The molecular formula is C22H28N4O. The van der Waals surface area contributed by atoms with Crippen molar-refractivity contribution in [1.29, 1.82) is 0 Å². The minimum atomic E-state index is -0.104. The Bertz CT molecular complexity index is 801. The van der Waals surface area contributed by atoms with Gasteiger partial charge < -0.3 is 10.2 Å². The molecule has 1 amide bonds. The van der Waals surface area contributed by atoms with Crippen molar-refractivity contribution in [3.8, 4) is 0 Å². The number of allylic oxidation sites excluding steroid dienone is 1. The van der Waals surface area contributed by atoms with Crippen LogP contribution >= 0.6 is 0 Å². The molecule has 5 nitrogen and oxygen atoms in total. The second-order valence-corrected chi connectivity index (χ2v) is 6.89. The zero-order valence-corrected chi connectivity index (χ0v) is 16.2. The van der Waals surface area contributed by atoms with Crippen LogP contribution in [-0.4, -0.2) is 29.0 Å². The summed E-state index contributed by atoms with van der Waals surface area (Å²) < 4.78 is 0. The molecule has 1 aliphatic rings. The monoisotopic (exact) mass is 364 g/mol. The number of aromatic nitrogens is 2. The summed E-state index contributed by atoms with van der Waals surface area (Å²) in [6.45, 7) is 5.24. The molecule has 0 fully saturated rings. The van der Waals surface area contributed by atoms with Crippen LogP contribution in [0.25, 0.3) is 0 Å². The van der Waals surface area contributed by atoms with Crippen LogP contribution < -0.4 is 10.2 Å². The first-order valence-corrected chi connectivity index (χ1v) is 9.81. The van der Waals surface area contributed by atoms with Crippen LogP contribution in [-0.2, 0) is 0 Å². The summed E-state index contributed by atoms with van der Waals surface area (Å²) in [4.78, 5) is 23.7. The standard InChI is InChI=1S/C22H28N4O/c1-3-26(19-12-8-5-9-13-19)21(27)20-16-17(2)24-22(25-20)23-15-14-18-10-6-4-7-11-18/h5,8-10,12-13,16H,3-4,6-7,11,14-15H2,1-2H3,(H,23,24,25). The minimum absolute atomic E-state index is 0.104. The third kappa shape index (κ3) is 5.16. The van der Waals surface area contributed by atoms with E-state index in [0.29, 0.717) is 18.2 Å². The number of carbonyl (C=O) groups excluding carboxylic acids is 1. The van der Waals surface area contributed by atoms with E-state index in [1.54, 1.807) is 11.0 Å². The molecule has 2 aromatic rings. The average molecular weight is 364 g/mol. The van der Waals surface area contributed by atoms with Gasteiger partial charge in [0.25, 0.3) is 5.91 Å². The molecule has 0 saturated heterocycles. The lowest BCUT2D eigenvalue weighted by atomic mass is 9.97. The highest BCUT2D eigenvalue weighted by molar-refractivity contribution is 6.04. The van der Waals surface area contributed by atoms with Crippen molar-refractivity contribution >= 4 is 17.5 Å². The smallest absolute Gasteiger partial charge is 0.277 e. The molecule has 0 unspecified atom stereocenters. The Morgan fingerprint density at radius 2 is 2.00 bits per heavy atom. The fourth-order valence-electron chi connectivity index (χ4n) is 3.41. The van der Waals surface area contributed by atoms with Gasteiger partial charge in [-0.3, -0.25) is 4.79 Å². The number of aryl methyl sites for hydroxylation is 1. The number of hydrogen-bond acceptors (Lipinski definition) is 4. The topological polar surface area (TPSA) is 58.1 Å². The predicted octanol–water partition coefficient (Wildman–Crippen LogP) is 4.75. The third-order valence-electron chi connectivity index (χ3n) is 4.82. The number of carbonyl (C=O) groups is 1. The van der Waals surface area contributed by atoms with E-state index in [-0.39, 0.29) is 5.91 Å². The summed E-state index contributed by atoms with van der Waals surface area (Å²) in [7, 11) is 0. The van der Waals surface area contributed by atoms with Crippen molar-refractivity contribution in [3.63, 3.8) is 0 Å². The molecule has 142 valence electrons. The van der Waals surface area contributed by atoms with E-state index in [0.717, 1.165) is 24.3 Å². The lowest BCUT2D eigenvalue weighted by molar-refractivity contribution is 0.0983. The van der Waals surface area contributed by atoms with Gasteiger partial charge in [0.2, 0.25) is 5.95 Å². The predicted molar refractivity (Wildman–Crippen MR) is 110 cm³/mol. The van der Waals surface area contributed by atoms with Gasteiger partial charge >= 0.3 is 0 Å². The SMILES string of the molecule is CCN(C(=O)c1cc(C)nc(NCCC2=CCCCC2)n1)c1ccccc1. The van der Waals surface area contributed by atoms with Crippen LogP contribution in [0.3, 0.4) is 0 Å². The third-order valence-corrected chi connectivity index (χ3v) is 4.82. The zero-order chi connectivity index (χ0) is 19.1. The number of anilines is 2. The number of nitrogens with one attached hydrogen (secondary N) is 1. The van der Waals surface area contributed by atoms with Crippen LogP contribution in [0, 0.1) is 6.92 Å². The Labute approximate surface area is 161 Å². The number of hydrogen-bond donors (Lipinski definition) is 1. The molecule has 1 N–H and O–H groups in total. The van der Waals surface area contributed by atoms with E-state index in [1.165, 1.54) is 31.3 Å². The van der Waals surface area contributed by atoms with E-state index in [9.17, 15) is 4.79 Å². The number of amides is 1. The van der Waals surface area contributed by atoms with E-state index < -0.39 is 0 Å². The maximum atomic E-state index is 13.0. The average Bonchev–Trinajstić information content (AvgIpc) is 2.70. The summed E-state index contributed by atoms with van der Waals surface area (Å²) in [6, 6.07) is 11.4. The Kier molecular flexibility index (Phi) is 6.58. The molecule has 0 aliphatic heterocycles. The van der Waals surface area contributed by atoms with Crippen molar-refractivity contribution in [2.75, 3.05) is 23.3 Å². The Hall–Kier alpha value is -2.69. The molecule has 3 rings (SSSR count). The summed E-state index contributed by atoms with van der Waals surface area (Å²) >= 11 is 0. The summed E-state index contributed by atoms with van der Waals surface area (Å²) in [5.74, 6) is 0.422. The summed E-state index contributed by atoms with van der Waals surface area (Å²) in [5.41, 5.74) is 3.60. The number of benzene rings is 1. The summed E-state index contributed by atoms with van der Waals surface area (Å²) in [5, 5.41) is 3.29. The number of nitrogens with zero attached hydrogens (tertiary/aromatic N) is 3. The van der Waals surface area contributed by atoms with Crippen molar-refractivity contribution in [2.24, 2.45) is 0 Å². The van der Waals surface area contributed by atoms with Crippen molar-refractivity contribution < 1.29 is 4.79 Å². The molecule has 1 aliphatic carbocycles. The molecule has 0 spiro atoms. The van der Waals surface area contributed by atoms with Crippen LogP contribution in [0.4, 0.5) is 11.6 Å². The van der Waals surface area contributed by atoms with Crippen LogP contribution in [0.5, 0.6) is 0 Å². The Morgan fingerprint density at radius 1 is 1.19 bits per heavy atom. The van der Waals surface area contributed by atoms with Gasteiger partial charge in [-0.1, -0.05) is 29.8 Å². The fourth-order valence-corrected chi connectivity index (χ4v) is 3.41. The second-order valence-electron chi connectivity index (χ2n) is 6.89. The maximum absolute atomic E-state index is 13.0. The second kappa shape index (κ2) is 9.31. The Balaban J connectivity index is 1.70. The van der Waals surface area contributed by atoms with Gasteiger partial charge in [0.1, 0.15) is 5.69 Å². The molecule has 0 bridgehead atoms. The van der Waals surface area contributed by atoms with E-state index in [4.69, 9.17) is 0 Å². The molecule has 0 saturated carbocycles. The molecule has 1 aromatic heterocycles. The lowest BCUT2D eigenvalue weighted by Gasteiger charge is -2.21. The first-order chi connectivity index (χ1) is 13.2. The fraction of sp³-hybridized carbons (Fsp3) is 0.409. The largest absolute Gasteiger partial charge is 0.354 e. The highest BCUT2D eigenvalue weighted by atomic mass is 16.2. The van der Waals surface area contributed by atoms with Gasteiger partial charge in [-0.15, -0.1) is 0 Å². The van der Waals surface area contributed by atoms with Gasteiger partial charge in [0, 0.05) is 24.5 Å². The minimum Gasteiger partial charge on any atom is -0.354 e. The van der Waals surface area contributed by atoms with E-state index in [1.807, 2.05) is 44.2 Å².